The van der Waals surface area contributed by atoms with Crippen molar-refractivity contribution in [3.8, 4) is 0 Å². The molecule has 0 saturated carbocycles. The first-order valence-corrected chi connectivity index (χ1v) is 8.61. The minimum atomic E-state index is -0.188. The van der Waals surface area contributed by atoms with E-state index in [1.165, 1.54) is 7.11 Å². The number of aromatic nitrogens is 3. The highest BCUT2D eigenvalue weighted by Gasteiger charge is 2.34. The maximum Gasteiger partial charge on any atom is 0.319 e. The van der Waals surface area contributed by atoms with Crippen molar-refractivity contribution in [1.29, 1.82) is 0 Å². The summed E-state index contributed by atoms with van der Waals surface area (Å²) in [6, 6.07) is 6.26. The molecule has 8 heteroatoms. The quantitative estimate of drug-likeness (QED) is 0.724. The summed E-state index contributed by atoms with van der Waals surface area (Å²) < 4.78 is 12.6. The minimum absolute atomic E-state index is 0.188. The molecule has 4 heterocycles. The summed E-state index contributed by atoms with van der Waals surface area (Å²) in [6.45, 7) is 5.19. The molecule has 2 aromatic heterocycles. The SMILES string of the molecule is COC(=O)CN1C[C@H]2COC[C@@H]1CN(Cc1cccc3ncnn13)C2. The topological polar surface area (TPSA) is 72.2 Å². The maximum atomic E-state index is 11.7. The van der Waals surface area contributed by atoms with Crippen LogP contribution in [0.5, 0.6) is 0 Å². The molecule has 0 spiro atoms. The molecule has 0 unspecified atom stereocenters. The fraction of sp³-hybridized carbons (Fsp3) is 0.588. The summed E-state index contributed by atoms with van der Waals surface area (Å²) in [6.07, 6.45) is 1.59. The molecule has 0 amide bonds. The Kier molecular flexibility index (Phi) is 4.65. The van der Waals surface area contributed by atoms with Crippen LogP contribution in [0, 0.1) is 5.92 Å². The molecule has 0 aromatic carbocycles. The average molecular weight is 345 g/mol. The lowest BCUT2D eigenvalue weighted by molar-refractivity contribution is -0.142. The zero-order chi connectivity index (χ0) is 17.2. The van der Waals surface area contributed by atoms with Crippen LogP contribution in [0.3, 0.4) is 0 Å². The third-order valence-corrected chi connectivity index (χ3v) is 4.98. The largest absolute Gasteiger partial charge is 0.468 e. The molecule has 0 N–H and O–H groups in total. The molecule has 2 bridgehead atoms. The second-order valence-corrected chi connectivity index (χ2v) is 6.80. The maximum absolute atomic E-state index is 11.7. The van der Waals surface area contributed by atoms with Gasteiger partial charge in [-0.25, -0.2) is 9.50 Å². The molecule has 0 aliphatic carbocycles. The van der Waals surface area contributed by atoms with E-state index >= 15 is 0 Å². The van der Waals surface area contributed by atoms with Crippen LogP contribution in [0.1, 0.15) is 5.69 Å². The monoisotopic (exact) mass is 345 g/mol. The fourth-order valence-electron chi connectivity index (χ4n) is 3.83. The Morgan fingerprint density at radius 3 is 3.12 bits per heavy atom. The van der Waals surface area contributed by atoms with Crippen LogP contribution >= 0.6 is 0 Å². The summed E-state index contributed by atoms with van der Waals surface area (Å²) in [5.74, 6) is 0.193. The molecule has 2 aliphatic rings. The number of pyridine rings is 1. The molecule has 4 rings (SSSR count). The summed E-state index contributed by atoms with van der Waals surface area (Å²) in [7, 11) is 1.44. The van der Waals surface area contributed by atoms with E-state index in [9.17, 15) is 4.79 Å². The smallest absolute Gasteiger partial charge is 0.319 e. The van der Waals surface area contributed by atoms with E-state index in [1.807, 2.05) is 16.6 Å². The second kappa shape index (κ2) is 7.07. The number of esters is 1. The number of rotatable bonds is 4. The van der Waals surface area contributed by atoms with Gasteiger partial charge in [-0.15, -0.1) is 0 Å². The molecule has 2 aromatic rings. The third-order valence-electron chi connectivity index (χ3n) is 4.98. The summed E-state index contributed by atoms with van der Waals surface area (Å²) >= 11 is 0. The lowest BCUT2D eigenvalue weighted by Crippen LogP contribution is -2.45. The number of carbonyl (C=O) groups is 1. The van der Waals surface area contributed by atoms with Gasteiger partial charge in [0.1, 0.15) is 6.33 Å². The first kappa shape index (κ1) is 16.4. The van der Waals surface area contributed by atoms with E-state index < -0.39 is 0 Å². The van der Waals surface area contributed by atoms with Gasteiger partial charge in [0.15, 0.2) is 5.65 Å². The predicted molar refractivity (Wildman–Crippen MR) is 90.0 cm³/mol. The number of carbonyl (C=O) groups excluding carboxylic acids is 1. The van der Waals surface area contributed by atoms with Crippen molar-refractivity contribution >= 4 is 11.6 Å². The van der Waals surface area contributed by atoms with Crippen molar-refractivity contribution in [2.45, 2.75) is 12.6 Å². The molecule has 134 valence electrons. The standard InChI is InChI=1S/C17H23N5O3/c1-24-17(23)9-21-6-13-5-20(8-15(21)11-25-10-13)7-14-3-2-4-16-18-12-19-22(14)16/h2-4,12-13,15H,5-11H2,1H3/t13-,15-/m0/s1. The average Bonchev–Trinajstić information content (AvgIpc) is 2.93. The number of nitrogens with zero attached hydrogens (tertiary/aromatic N) is 5. The van der Waals surface area contributed by atoms with Crippen molar-refractivity contribution in [1.82, 2.24) is 24.4 Å². The van der Waals surface area contributed by atoms with Crippen molar-refractivity contribution in [2.24, 2.45) is 5.92 Å². The second-order valence-electron chi connectivity index (χ2n) is 6.80. The molecule has 25 heavy (non-hydrogen) atoms. The van der Waals surface area contributed by atoms with E-state index in [-0.39, 0.29) is 12.0 Å². The van der Waals surface area contributed by atoms with Crippen LogP contribution in [0.25, 0.3) is 5.65 Å². The molecular weight excluding hydrogens is 322 g/mol. The highest BCUT2D eigenvalue weighted by Crippen LogP contribution is 2.21. The van der Waals surface area contributed by atoms with E-state index in [2.05, 4.69) is 25.9 Å². The Hall–Kier alpha value is -2.03. The van der Waals surface area contributed by atoms with E-state index in [4.69, 9.17) is 9.47 Å². The van der Waals surface area contributed by atoms with E-state index in [1.54, 1.807) is 6.33 Å². The highest BCUT2D eigenvalue weighted by molar-refractivity contribution is 5.71. The molecule has 2 saturated heterocycles. The van der Waals surface area contributed by atoms with Gasteiger partial charge in [0.2, 0.25) is 0 Å². The molecule has 2 atom stereocenters. The van der Waals surface area contributed by atoms with Gasteiger partial charge in [0.05, 0.1) is 32.6 Å². The summed E-state index contributed by atoms with van der Waals surface area (Å²) in [5, 5.41) is 4.33. The molecule has 8 nitrogen and oxygen atoms in total. The van der Waals surface area contributed by atoms with Crippen molar-refractivity contribution in [3.05, 3.63) is 30.2 Å². The minimum Gasteiger partial charge on any atom is -0.468 e. The van der Waals surface area contributed by atoms with E-state index in [0.717, 1.165) is 44.1 Å². The Bertz CT molecular complexity index is 749. The van der Waals surface area contributed by atoms with Gasteiger partial charge in [0.25, 0.3) is 0 Å². The zero-order valence-electron chi connectivity index (χ0n) is 14.4. The Morgan fingerprint density at radius 1 is 1.32 bits per heavy atom. The number of ether oxygens (including phenoxy) is 2. The first-order chi connectivity index (χ1) is 12.2. The van der Waals surface area contributed by atoms with E-state index in [0.29, 0.717) is 19.1 Å². The van der Waals surface area contributed by atoms with Crippen molar-refractivity contribution in [3.63, 3.8) is 0 Å². The van der Waals surface area contributed by atoms with Crippen LogP contribution < -0.4 is 0 Å². The van der Waals surface area contributed by atoms with Crippen LogP contribution in [0.4, 0.5) is 0 Å². The van der Waals surface area contributed by atoms with Gasteiger partial charge in [-0.2, -0.15) is 5.10 Å². The predicted octanol–water partition coefficient (Wildman–Crippen LogP) is 0.0349. The summed E-state index contributed by atoms with van der Waals surface area (Å²) in [5.41, 5.74) is 1.98. The Morgan fingerprint density at radius 2 is 2.24 bits per heavy atom. The van der Waals surface area contributed by atoms with Gasteiger partial charge < -0.3 is 9.47 Å². The van der Waals surface area contributed by atoms with Gasteiger partial charge in [-0.05, 0) is 12.1 Å². The van der Waals surface area contributed by atoms with Gasteiger partial charge in [0, 0.05) is 38.1 Å². The van der Waals surface area contributed by atoms with Crippen LogP contribution in [-0.4, -0.2) is 82.9 Å². The molecular formula is C17H23N5O3. The normalized spacial score (nSPS) is 25.0. The number of fused-ring (bicyclic) bond motifs is 4. The lowest BCUT2D eigenvalue weighted by atomic mass is 10.1. The van der Waals surface area contributed by atoms with Gasteiger partial charge in [-0.3, -0.25) is 14.6 Å². The number of hydrogen-bond acceptors (Lipinski definition) is 7. The van der Waals surface area contributed by atoms with Crippen LogP contribution in [0.2, 0.25) is 0 Å². The van der Waals surface area contributed by atoms with Gasteiger partial charge >= 0.3 is 5.97 Å². The van der Waals surface area contributed by atoms with Crippen molar-refractivity contribution < 1.29 is 14.3 Å². The Labute approximate surface area is 146 Å². The molecule has 2 fully saturated rings. The lowest BCUT2D eigenvalue weighted by Gasteiger charge is -2.30. The highest BCUT2D eigenvalue weighted by atomic mass is 16.5. The molecule has 0 radical (unpaired) electrons. The van der Waals surface area contributed by atoms with Crippen molar-refractivity contribution in [2.75, 3.05) is 46.5 Å². The van der Waals surface area contributed by atoms with Crippen LogP contribution in [0.15, 0.2) is 24.5 Å². The zero-order valence-corrected chi connectivity index (χ0v) is 14.4. The Balaban J connectivity index is 1.52. The molecule has 2 aliphatic heterocycles. The van der Waals surface area contributed by atoms with Gasteiger partial charge in [-0.1, -0.05) is 6.07 Å². The number of methoxy groups -OCH3 is 1. The first-order valence-electron chi connectivity index (χ1n) is 8.61. The summed E-state index contributed by atoms with van der Waals surface area (Å²) in [4.78, 5) is 20.6. The number of hydrogen-bond donors (Lipinski definition) is 0. The fourth-order valence-corrected chi connectivity index (χ4v) is 3.83. The van der Waals surface area contributed by atoms with Crippen LogP contribution in [-0.2, 0) is 20.8 Å². The third kappa shape index (κ3) is 3.51.